The number of sulfonamides is 1. The van der Waals surface area contributed by atoms with E-state index in [-0.39, 0.29) is 35.8 Å². The summed E-state index contributed by atoms with van der Waals surface area (Å²) in [6.07, 6.45) is 2.41. The Hall–Kier alpha value is -2.75. The van der Waals surface area contributed by atoms with Gasteiger partial charge in [-0.1, -0.05) is 0 Å². The van der Waals surface area contributed by atoms with Crippen molar-refractivity contribution in [3.8, 4) is 17.7 Å². The Labute approximate surface area is 176 Å². The summed E-state index contributed by atoms with van der Waals surface area (Å²) in [6.45, 7) is 1.14. The number of nitrogens with zero attached hydrogens (tertiary/aromatic N) is 2. The number of ether oxygens (including phenoxy) is 3. The maximum Gasteiger partial charge on any atom is 0.314 e. The maximum absolute atomic E-state index is 12.9. The predicted molar refractivity (Wildman–Crippen MR) is 108 cm³/mol. The second-order valence-electron chi connectivity index (χ2n) is 6.61. The van der Waals surface area contributed by atoms with Crippen LogP contribution in [0.15, 0.2) is 23.1 Å². The molecule has 30 heavy (non-hydrogen) atoms. The topological polar surface area (TPSA) is 142 Å². The minimum absolute atomic E-state index is 0.0491. The van der Waals surface area contributed by atoms with Gasteiger partial charge < -0.3 is 29.7 Å². The molecule has 2 rings (SSSR count). The molecule has 12 heteroatoms. The second kappa shape index (κ2) is 10.9. The number of hydrogen-bond donors (Lipinski definition) is 3. The van der Waals surface area contributed by atoms with Gasteiger partial charge in [-0.2, -0.15) is 5.26 Å². The average Bonchev–Trinajstić information content (AvgIpc) is 3.12. The van der Waals surface area contributed by atoms with Gasteiger partial charge in [-0.05, 0) is 18.6 Å². The van der Waals surface area contributed by atoms with Crippen LogP contribution >= 0.6 is 0 Å². The van der Waals surface area contributed by atoms with Crippen molar-refractivity contribution in [2.45, 2.75) is 23.4 Å². The van der Waals surface area contributed by atoms with Crippen LogP contribution < -0.4 is 24.8 Å². The molecule has 1 saturated heterocycles. The van der Waals surface area contributed by atoms with Gasteiger partial charge in [0, 0.05) is 38.9 Å². The molecule has 1 fully saturated rings. The molecule has 2 amide bonds. The largest absolute Gasteiger partial charge is 0.497 e. The third-order valence-electron chi connectivity index (χ3n) is 4.62. The van der Waals surface area contributed by atoms with E-state index in [2.05, 4.69) is 15.4 Å². The molecular formula is C18H27N5O6S. The third-order valence-corrected chi connectivity index (χ3v) is 6.16. The van der Waals surface area contributed by atoms with E-state index in [0.717, 1.165) is 0 Å². The molecular weight excluding hydrogens is 414 g/mol. The summed E-state index contributed by atoms with van der Waals surface area (Å²) >= 11 is 0. The molecule has 3 N–H and O–H groups in total. The molecule has 0 aromatic heterocycles. The number of methoxy groups -OCH3 is 3. The lowest BCUT2D eigenvalue weighted by atomic mass is 10.2. The van der Waals surface area contributed by atoms with E-state index < -0.39 is 16.1 Å². The first kappa shape index (κ1) is 23.5. The summed E-state index contributed by atoms with van der Waals surface area (Å²) in [5.74, 6) is 0.562. The number of carbonyl (C=O) groups excluding carboxylic acids is 1. The van der Waals surface area contributed by atoms with Crippen LogP contribution in [0.3, 0.4) is 0 Å². The van der Waals surface area contributed by atoms with Gasteiger partial charge >= 0.3 is 6.03 Å². The van der Waals surface area contributed by atoms with Crippen LogP contribution in [0.25, 0.3) is 0 Å². The summed E-state index contributed by atoms with van der Waals surface area (Å²) in [5.41, 5.74) is 0. The van der Waals surface area contributed by atoms with E-state index in [1.165, 1.54) is 38.4 Å². The van der Waals surface area contributed by atoms with Gasteiger partial charge in [-0.3, -0.25) is 0 Å². The number of likely N-dealkylation sites (tertiary alicyclic amines) is 1. The summed E-state index contributed by atoms with van der Waals surface area (Å²) < 4.78 is 43.6. The number of urea groups is 1. The van der Waals surface area contributed by atoms with Crippen molar-refractivity contribution in [1.29, 1.82) is 5.26 Å². The fourth-order valence-electron chi connectivity index (χ4n) is 3.13. The van der Waals surface area contributed by atoms with Crippen molar-refractivity contribution >= 4 is 16.1 Å². The van der Waals surface area contributed by atoms with Crippen molar-refractivity contribution in [2.24, 2.45) is 0 Å². The lowest BCUT2D eigenvalue weighted by molar-refractivity contribution is 0.195. The molecule has 0 unspecified atom stereocenters. The molecule has 11 nitrogen and oxygen atoms in total. The molecule has 1 aliphatic rings. The molecule has 0 aliphatic carbocycles. The van der Waals surface area contributed by atoms with Gasteiger partial charge in [0.15, 0.2) is 6.19 Å². The predicted octanol–water partition coefficient (Wildman–Crippen LogP) is -0.148. The van der Waals surface area contributed by atoms with Crippen molar-refractivity contribution in [2.75, 3.05) is 47.6 Å². The van der Waals surface area contributed by atoms with Gasteiger partial charge in [-0.25, -0.2) is 17.9 Å². The zero-order chi connectivity index (χ0) is 22.1. The quantitative estimate of drug-likeness (QED) is 0.336. The number of benzene rings is 1. The van der Waals surface area contributed by atoms with Crippen LogP contribution in [0.4, 0.5) is 4.79 Å². The highest BCUT2D eigenvalue weighted by atomic mass is 32.2. The minimum atomic E-state index is -3.92. The number of rotatable bonds is 10. The standard InChI is InChI=1S/C18H27N5O6S/c1-27-7-6-20-18(24)21-10-14-8-13(11-23(14)12-19)22-30(25,26)17-9-15(28-2)4-5-16(17)29-3/h4-5,9,13-14,22H,6-8,10-11H2,1-3H3,(H2,20,21,24)/t13-,14-/m1/s1. The first-order chi connectivity index (χ1) is 14.3. The normalized spacial score (nSPS) is 18.5. The molecule has 1 heterocycles. The van der Waals surface area contributed by atoms with Gasteiger partial charge in [-0.15, -0.1) is 0 Å². The number of carbonyl (C=O) groups is 1. The van der Waals surface area contributed by atoms with E-state index in [1.807, 2.05) is 6.19 Å². The zero-order valence-electron chi connectivity index (χ0n) is 17.2. The Morgan fingerprint density at radius 3 is 2.67 bits per heavy atom. The maximum atomic E-state index is 12.9. The molecule has 0 spiro atoms. The summed E-state index contributed by atoms with van der Waals surface area (Å²) in [4.78, 5) is 13.2. The van der Waals surface area contributed by atoms with Crippen LogP contribution in [0.5, 0.6) is 11.5 Å². The SMILES string of the molecule is COCCNC(=O)NC[C@H]1C[C@@H](NS(=O)(=O)c2cc(OC)ccc2OC)CN1C#N. The Bertz CT molecular complexity index is 872. The van der Waals surface area contributed by atoms with Crippen molar-refractivity contribution in [3.63, 3.8) is 0 Å². The van der Waals surface area contributed by atoms with Gasteiger partial charge in [0.1, 0.15) is 16.4 Å². The summed E-state index contributed by atoms with van der Waals surface area (Å²) in [5, 5.41) is 14.7. The highest BCUT2D eigenvalue weighted by molar-refractivity contribution is 7.89. The van der Waals surface area contributed by atoms with Crippen LogP contribution in [-0.2, 0) is 14.8 Å². The van der Waals surface area contributed by atoms with Crippen molar-refractivity contribution in [1.82, 2.24) is 20.3 Å². The Morgan fingerprint density at radius 2 is 2.03 bits per heavy atom. The van der Waals surface area contributed by atoms with Gasteiger partial charge in [0.25, 0.3) is 0 Å². The van der Waals surface area contributed by atoms with Gasteiger partial charge in [0.05, 0.1) is 26.9 Å². The van der Waals surface area contributed by atoms with Gasteiger partial charge in [0.2, 0.25) is 10.0 Å². The Balaban J connectivity index is 2.02. The van der Waals surface area contributed by atoms with E-state index >= 15 is 0 Å². The van der Waals surface area contributed by atoms with Crippen molar-refractivity contribution < 1.29 is 27.4 Å². The highest BCUT2D eigenvalue weighted by Crippen LogP contribution is 2.29. The third kappa shape index (κ3) is 6.12. The summed E-state index contributed by atoms with van der Waals surface area (Å²) in [6, 6.07) is 3.27. The molecule has 1 aromatic carbocycles. The van der Waals surface area contributed by atoms with Crippen LogP contribution in [-0.4, -0.2) is 79.0 Å². The smallest absolute Gasteiger partial charge is 0.314 e. The molecule has 1 aromatic rings. The number of amides is 2. The minimum Gasteiger partial charge on any atom is -0.497 e. The second-order valence-corrected chi connectivity index (χ2v) is 8.29. The highest BCUT2D eigenvalue weighted by Gasteiger charge is 2.35. The molecule has 0 saturated carbocycles. The molecule has 166 valence electrons. The average molecular weight is 442 g/mol. The number of nitriles is 1. The number of nitrogens with one attached hydrogen (secondary N) is 3. The molecule has 2 atom stereocenters. The first-order valence-corrected chi connectivity index (χ1v) is 10.7. The Morgan fingerprint density at radius 1 is 1.27 bits per heavy atom. The fourth-order valence-corrected chi connectivity index (χ4v) is 4.56. The van der Waals surface area contributed by atoms with E-state index in [9.17, 15) is 18.5 Å². The molecule has 0 radical (unpaired) electrons. The lowest BCUT2D eigenvalue weighted by Gasteiger charge is -2.18. The van der Waals surface area contributed by atoms with E-state index in [4.69, 9.17) is 14.2 Å². The molecule has 1 aliphatic heterocycles. The van der Waals surface area contributed by atoms with Crippen molar-refractivity contribution in [3.05, 3.63) is 18.2 Å². The van der Waals surface area contributed by atoms with Crippen LogP contribution in [0.1, 0.15) is 6.42 Å². The van der Waals surface area contributed by atoms with Crippen LogP contribution in [0.2, 0.25) is 0 Å². The van der Waals surface area contributed by atoms with E-state index in [0.29, 0.717) is 25.3 Å². The number of hydrogen-bond acceptors (Lipinski definition) is 8. The monoisotopic (exact) mass is 441 g/mol. The first-order valence-electron chi connectivity index (χ1n) is 9.26. The van der Waals surface area contributed by atoms with Crippen LogP contribution in [0, 0.1) is 11.5 Å². The zero-order valence-corrected chi connectivity index (χ0v) is 18.0. The lowest BCUT2D eigenvalue weighted by Crippen LogP contribution is -2.43. The molecule has 0 bridgehead atoms. The fraction of sp³-hybridized carbons (Fsp3) is 0.556. The van der Waals surface area contributed by atoms with E-state index in [1.54, 1.807) is 6.07 Å². The summed E-state index contributed by atoms with van der Waals surface area (Å²) in [7, 11) is 0.431. The Kier molecular flexibility index (Phi) is 8.52.